The van der Waals surface area contributed by atoms with E-state index in [-0.39, 0.29) is 16.7 Å². The van der Waals surface area contributed by atoms with Crippen LogP contribution in [0.2, 0.25) is 0 Å². The summed E-state index contributed by atoms with van der Waals surface area (Å²) in [6.45, 7) is 4.84. The Morgan fingerprint density at radius 2 is 2.24 bits per heavy atom. The highest BCUT2D eigenvalue weighted by Gasteiger charge is 2.22. The first-order valence-electron chi connectivity index (χ1n) is 6.06. The molecule has 1 atom stereocenters. The van der Waals surface area contributed by atoms with E-state index in [0.717, 1.165) is 18.0 Å². The molecule has 1 N–H and O–H groups in total. The van der Waals surface area contributed by atoms with Crippen LogP contribution < -0.4 is 5.32 Å². The van der Waals surface area contributed by atoms with E-state index in [0.29, 0.717) is 5.56 Å². The van der Waals surface area contributed by atoms with Crippen LogP contribution in [0, 0.1) is 23.0 Å². The van der Waals surface area contributed by atoms with Crippen LogP contribution in [-0.4, -0.2) is 11.5 Å². The first-order valence-corrected chi connectivity index (χ1v) is 6.06. The quantitative estimate of drug-likeness (QED) is 0.629. The minimum atomic E-state index is -0.313. The Balaban J connectivity index is 2.08. The third-order valence-corrected chi connectivity index (χ3v) is 3.34. The summed E-state index contributed by atoms with van der Waals surface area (Å²) in [6.07, 6.45) is 2.63. The van der Waals surface area contributed by atoms with Crippen molar-refractivity contribution >= 4 is 5.69 Å². The molecule has 4 heteroatoms. The summed E-state index contributed by atoms with van der Waals surface area (Å²) in [4.78, 5) is 10.5. The first kappa shape index (κ1) is 12.0. The van der Waals surface area contributed by atoms with E-state index < -0.39 is 0 Å². The largest absolute Gasteiger partial charge is 0.310 e. The van der Waals surface area contributed by atoms with E-state index in [2.05, 4.69) is 12.2 Å². The summed E-state index contributed by atoms with van der Waals surface area (Å²) in [5.41, 5.74) is 1.92. The van der Waals surface area contributed by atoms with Crippen molar-refractivity contribution in [1.29, 1.82) is 0 Å². The van der Waals surface area contributed by atoms with Crippen molar-refractivity contribution < 1.29 is 4.92 Å². The standard InChI is InChI=1S/C13H18N2O2/c1-9-3-6-12(7-13(9)15(16)17)10(2)14-8-11-4-5-11/h3,6-7,10-11,14H,4-5,8H2,1-2H3. The number of benzene rings is 1. The van der Waals surface area contributed by atoms with Crippen molar-refractivity contribution in [3.63, 3.8) is 0 Å². The van der Waals surface area contributed by atoms with Gasteiger partial charge in [-0.05, 0) is 44.7 Å². The summed E-state index contributed by atoms with van der Waals surface area (Å²) in [5, 5.41) is 14.3. The lowest BCUT2D eigenvalue weighted by Crippen LogP contribution is -2.21. The van der Waals surface area contributed by atoms with E-state index in [1.807, 2.05) is 12.1 Å². The van der Waals surface area contributed by atoms with Crippen LogP contribution in [0.3, 0.4) is 0 Å². The Hall–Kier alpha value is -1.42. The molecule has 1 fully saturated rings. The van der Waals surface area contributed by atoms with Gasteiger partial charge in [0.05, 0.1) is 4.92 Å². The Kier molecular flexibility index (Phi) is 3.43. The molecule has 4 nitrogen and oxygen atoms in total. The SMILES string of the molecule is Cc1ccc(C(C)NCC2CC2)cc1[N+](=O)[O-]. The maximum atomic E-state index is 10.9. The molecule has 0 spiro atoms. The molecule has 0 saturated heterocycles. The molecule has 1 aromatic carbocycles. The molecular weight excluding hydrogens is 216 g/mol. The minimum absolute atomic E-state index is 0.176. The van der Waals surface area contributed by atoms with Gasteiger partial charge in [-0.1, -0.05) is 12.1 Å². The van der Waals surface area contributed by atoms with Crippen molar-refractivity contribution in [2.45, 2.75) is 32.7 Å². The summed E-state index contributed by atoms with van der Waals surface area (Å²) >= 11 is 0. The molecule has 92 valence electrons. The number of hydrogen-bond donors (Lipinski definition) is 1. The monoisotopic (exact) mass is 234 g/mol. The number of rotatable bonds is 5. The Labute approximate surface area is 101 Å². The lowest BCUT2D eigenvalue weighted by molar-refractivity contribution is -0.385. The second-order valence-corrected chi connectivity index (χ2v) is 4.88. The average Bonchev–Trinajstić information content (AvgIpc) is 3.10. The van der Waals surface area contributed by atoms with E-state index in [9.17, 15) is 10.1 Å². The fraction of sp³-hybridized carbons (Fsp3) is 0.538. The number of nitro groups is 1. The highest BCUT2D eigenvalue weighted by atomic mass is 16.6. The molecule has 0 heterocycles. The van der Waals surface area contributed by atoms with Gasteiger partial charge in [-0.2, -0.15) is 0 Å². The second-order valence-electron chi connectivity index (χ2n) is 4.88. The fourth-order valence-corrected chi connectivity index (χ4v) is 1.88. The molecule has 1 unspecified atom stereocenters. The topological polar surface area (TPSA) is 55.2 Å². The van der Waals surface area contributed by atoms with E-state index in [1.54, 1.807) is 13.0 Å². The van der Waals surface area contributed by atoms with Gasteiger partial charge in [0, 0.05) is 17.7 Å². The third kappa shape index (κ3) is 3.03. The van der Waals surface area contributed by atoms with Crippen LogP contribution in [-0.2, 0) is 0 Å². The van der Waals surface area contributed by atoms with Gasteiger partial charge in [-0.15, -0.1) is 0 Å². The molecule has 1 aromatic rings. The smallest absolute Gasteiger partial charge is 0.272 e. The van der Waals surface area contributed by atoms with E-state index in [1.165, 1.54) is 12.8 Å². The van der Waals surface area contributed by atoms with Crippen LogP contribution in [0.5, 0.6) is 0 Å². The highest BCUT2D eigenvalue weighted by molar-refractivity contribution is 5.43. The fourth-order valence-electron chi connectivity index (χ4n) is 1.88. The summed E-state index contributed by atoms with van der Waals surface area (Å²) in [7, 11) is 0. The normalized spacial score (nSPS) is 16.8. The average molecular weight is 234 g/mol. The minimum Gasteiger partial charge on any atom is -0.310 e. The molecular formula is C13H18N2O2. The van der Waals surface area contributed by atoms with Crippen LogP contribution in [0.1, 0.15) is 36.9 Å². The first-order chi connectivity index (χ1) is 8.08. The number of aryl methyl sites for hydroxylation is 1. The van der Waals surface area contributed by atoms with Crippen molar-refractivity contribution in [3.8, 4) is 0 Å². The van der Waals surface area contributed by atoms with E-state index in [4.69, 9.17) is 0 Å². The van der Waals surface area contributed by atoms with Gasteiger partial charge < -0.3 is 5.32 Å². The van der Waals surface area contributed by atoms with Crippen LogP contribution in [0.25, 0.3) is 0 Å². The molecule has 0 aliphatic heterocycles. The van der Waals surface area contributed by atoms with Crippen LogP contribution in [0.15, 0.2) is 18.2 Å². The van der Waals surface area contributed by atoms with Crippen molar-refractivity contribution in [3.05, 3.63) is 39.4 Å². The summed E-state index contributed by atoms with van der Waals surface area (Å²) in [6, 6.07) is 5.64. The van der Waals surface area contributed by atoms with Gasteiger partial charge in [0.25, 0.3) is 5.69 Å². The Bertz CT molecular complexity index is 427. The zero-order valence-electron chi connectivity index (χ0n) is 10.3. The molecule has 0 bridgehead atoms. The lowest BCUT2D eigenvalue weighted by Gasteiger charge is -2.14. The molecule has 1 saturated carbocycles. The lowest BCUT2D eigenvalue weighted by atomic mass is 10.0. The van der Waals surface area contributed by atoms with Gasteiger partial charge in [0.15, 0.2) is 0 Å². The summed E-state index contributed by atoms with van der Waals surface area (Å²) in [5.74, 6) is 0.817. The number of nitrogens with zero attached hydrogens (tertiary/aromatic N) is 1. The summed E-state index contributed by atoms with van der Waals surface area (Å²) < 4.78 is 0. The zero-order valence-corrected chi connectivity index (χ0v) is 10.3. The Morgan fingerprint density at radius 1 is 1.53 bits per heavy atom. The van der Waals surface area contributed by atoms with Crippen molar-refractivity contribution in [2.75, 3.05) is 6.54 Å². The molecule has 1 aliphatic rings. The zero-order chi connectivity index (χ0) is 12.4. The van der Waals surface area contributed by atoms with Gasteiger partial charge in [0.2, 0.25) is 0 Å². The Morgan fingerprint density at radius 3 is 2.82 bits per heavy atom. The van der Waals surface area contributed by atoms with Crippen molar-refractivity contribution in [2.24, 2.45) is 5.92 Å². The van der Waals surface area contributed by atoms with Crippen LogP contribution in [0.4, 0.5) is 5.69 Å². The predicted octanol–water partition coefficient (Wildman–Crippen LogP) is 2.96. The number of nitrogens with one attached hydrogen (secondary N) is 1. The van der Waals surface area contributed by atoms with Gasteiger partial charge >= 0.3 is 0 Å². The maximum Gasteiger partial charge on any atom is 0.272 e. The number of nitro benzene ring substituents is 1. The maximum absolute atomic E-state index is 10.9. The van der Waals surface area contributed by atoms with Crippen molar-refractivity contribution in [1.82, 2.24) is 5.32 Å². The molecule has 2 rings (SSSR count). The van der Waals surface area contributed by atoms with Gasteiger partial charge in [-0.25, -0.2) is 0 Å². The molecule has 0 amide bonds. The molecule has 17 heavy (non-hydrogen) atoms. The predicted molar refractivity (Wildman–Crippen MR) is 67.0 cm³/mol. The van der Waals surface area contributed by atoms with Gasteiger partial charge in [0.1, 0.15) is 0 Å². The van der Waals surface area contributed by atoms with Gasteiger partial charge in [-0.3, -0.25) is 10.1 Å². The molecule has 0 aromatic heterocycles. The number of hydrogen-bond acceptors (Lipinski definition) is 3. The van der Waals surface area contributed by atoms with Crippen LogP contribution >= 0.6 is 0 Å². The molecule has 1 aliphatic carbocycles. The third-order valence-electron chi connectivity index (χ3n) is 3.34. The van der Waals surface area contributed by atoms with E-state index >= 15 is 0 Å². The molecule has 0 radical (unpaired) electrons. The second kappa shape index (κ2) is 4.84. The highest BCUT2D eigenvalue weighted by Crippen LogP contribution is 2.29.